The van der Waals surface area contributed by atoms with Crippen molar-refractivity contribution < 1.29 is 9.53 Å². The number of nitrogens with zero attached hydrogens (tertiary/aromatic N) is 1. The van der Waals surface area contributed by atoms with Crippen molar-refractivity contribution >= 4 is 5.91 Å². The second-order valence-corrected chi connectivity index (χ2v) is 4.29. The second-order valence-electron chi connectivity index (χ2n) is 4.29. The highest BCUT2D eigenvalue weighted by atomic mass is 16.5. The van der Waals surface area contributed by atoms with E-state index in [0.717, 1.165) is 39.0 Å². The van der Waals surface area contributed by atoms with Gasteiger partial charge in [0.05, 0.1) is 12.6 Å². The fourth-order valence-corrected chi connectivity index (χ4v) is 2.07. The summed E-state index contributed by atoms with van der Waals surface area (Å²) < 4.78 is 5.09. The van der Waals surface area contributed by atoms with Crippen LogP contribution in [-0.4, -0.2) is 43.7 Å². The summed E-state index contributed by atoms with van der Waals surface area (Å²) in [5.41, 5.74) is 5.80. The van der Waals surface area contributed by atoms with Gasteiger partial charge in [0.25, 0.3) is 0 Å². The highest BCUT2D eigenvalue weighted by Crippen LogP contribution is 2.17. The van der Waals surface area contributed by atoms with Crippen molar-refractivity contribution in [2.24, 2.45) is 11.7 Å². The Morgan fingerprint density at radius 3 is 3.00 bits per heavy atom. The molecule has 2 N–H and O–H groups in total. The van der Waals surface area contributed by atoms with Gasteiger partial charge >= 0.3 is 0 Å². The number of rotatable bonds is 5. The lowest BCUT2D eigenvalue weighted by Gasteiger charge is -2.20. The molecule has 0 saturated carbocycles. The fraction of sp³-hybridized carbons (Fsp3) is 0.909. The normalized spacial score (nSPS) is 23.1. The molecule has 1 rings (SSSR count). The van der Waals surface area contributed by atoms with Crippen molar-refractivity contribution in [3.63, 3.8) is 0 Å². The van der Waals surface area contributed by atoms with Gasteiger partial charge in [0.2, 0.25) is 5.91 Å². The quantitative estimate of drug-likeness (QED) is 0.729. The van der Waals surface area contributed by atoms with Crippen molar-refractivity contribution in [1.82, 2.24) is 4.90 Å². The summed E-state index contributed by atoms with van der Waals surface area (Å²) in [5.74, 6) is 0.600. The molecule has 15 heavy (non-hydrogen) atoms. The van der Waals surface area contributed by atoms with Crippen LogP contribution in [0.3, 0.4) is 0 Å². The molecule has 0 aromatic heterocycles. The smallest absolute Gasteiger partial charge is 0.239 e. The molecule has 0 aliphatic carbocycles. The largest absolute Gasteiger partial charge is 0.384 e. The molecule has 1 aliphatic rings. The molecule has 2 atom stereocenters. The van der Waals surface area contributed by atoms with Gasteiger partial charge in [-0.2, -0.15) is 0 Å². The molecule has 1 heterocycles. The first-order valence-corrected chi connectivity index (χ1v) is 5.72. The van der Waals surface area contributed by atoms with Crippen molar-refractivity contribution in [2.75, 3.05) is 26.8 Å². The van der Waals surface area contributed by atoms with Crippen molar-refractivity contribution in [1.29, 1.82) is 0 Å². The molecule has 0 spiro atoms. The van der Waals surface area contributed by atoms with E-state index in [2.05, 4.69) is 0 Å². The van der Waals surface area contributed by atoms with E-state index in [4.69, 9.17) is 10.5 Å². The molecule has 1 aliphatic heterocycles. The Morgan fingerprint density at radius 1 is 1.67 bits per heavy atom. The minimum Gasteiger partial charge on any atom is -0.384 e. The molecular weight excluding hydrogens is 192 g/mol. The van der Waals surface area contributed by atoms with E-state index in [1.807, 2.05) is 11.8 Å². The monoisotopic (exact) mass is 214 g/mol. The predicted octanol–water partition coefficient (Wildman–Crippen LogP) is 0.609. The van der Waals surface area contributed by atoms with E-state index in [9.17, 15) is 4.79 Å². The zero-order valence-corrected chi connectivity index (χ0v) is 9.74. The highest BCUT2D eigenvalue weighted by molar-refractivity contribution is 5.81. The Morgan fingerprint density at radius 2 is 2.40 bits per heavy atom. The first kappa shape index (κ1) is 12.5. The molecule has 4 nitrogen and oxygen atoms in total. The number of hydrogen-bond donors (Lipinski definition) is 1. The summed E-state index contributed by atoms with van der Waals surface area (Å²) in [7, 11) is 1.70. The predicted molar refractivity (Wildman–Crippen MR) is 59.4 cm³/mol. The standard InChI is InChI=1S/C11H22N2O2/c1-3-4-10(12)11(14)13-6-5-9(7-13)8-15-2/h9-10H,3-8,12H2,1-2H3/t9?,10-/m0/s1. The van der Waals surface area contributed by atoms with Crippen LogP contribution in [0.2, 0.25) is 0 Å². The Balaban J connectivity index is 2.35. The number of methoxy groups -OCH3 is 1. The Hall–Kier alpha value is -0.610. The van der Waals surface area contributed by atoms with E-state index in [0.29, 0.717) is 5.92 Å². The number of carbonyl (C=O) groups is 1. The zero-order chi connectivity index (χ0) is 11.3. The summed E-state index contributed by atoms with van der Waals surface area (Å²) in [4.78, 5) is 13.7. The van der Waals surface area contributed by atoms with Crippen LogP contribution in [-0.2, 0) is 9.53 Å². The molecule has 88 valence electrons. The summed E-state index contributed by atoms with van der Waals surface area (Å²) in [6.45, 7) is 4.44. The minimum absolute atomic E-state index is 0.107. The molecule has 1 saturated heterocycles. The van der Waals surface area contributed by atoms with Crippen LogP contribution in [0.25, 0.3) is 0 Å². The van der Waals surface area contributed by atoms with E-state index < -0.39 is 0 Å². The van der Waals surface area contributed by atoms with Crippen LogP contribution in [0.1, 0.15) is 26.2 Å². The van der Waals surface area contributed by atoms with E-state index in [1.54, 1.807) is 7.11 Å². The van der Waals surface area contributed by atoms with Gasteiger partial charge in [-0.3, -0.25) is 4.79 Å². The number of nitrogens with two attached hydrogens (primary N) is 1. The summed E-state index contributed by atoms with van der Waals surface area (Å²) in [6, 6.07) is -0.309. The first-order chi connectivity index (χ1) is 7.19. The molecule has 0 aromatic rings. The lowest BCUT2D eigenvalue weighted by molar-refractivity contribution is -0.131. The van der Waals surface area contributed by atoms with Gasteiger partial charge in [0.15, 0.2) is 0 Å². The molecule has 1 unspecified atom stereocenters. The van der Waals surface area contributed by atoms with Crippen LogP contribution < -0.4 is 5.73 Å². The zero-order valence-electron chi connectivity index (χ0n) is 9.74. The van der Waals surface area contributed by atoms with Crippen LogP contribution in [0, 0.1) is 5.92 Å². The number of ether oxygens (including phenoxy) is 1. The van der Waals surface area contributed by atoms with Crippen LogP contribution in [0.5, 0.6) is 0 Å². The third kappa shape index (κ3) is 3.47. The number of amides is 1. The summed E-state index contributed by atoms with van der Waals surface area (Å²) in [5, 5.41) is 0. The van der Waals surface area contributed by atoms with Gasteiger partial charge in [-0.25, -0.2) is 0 Å². The second kappa shape index (κ2) is 6.08. The molecule has 4 heteroatoms. The molecule has 0 aromatic carbocycles. The van der Waals surface area contributed by atoms with Gasteiger partial charge in [0, 0.05) is 26.1 Å². The van der Waals surface area contributed by atoms with E-state index in [-0.39, 0.29) is 11.9 Å². The Labute approximate surface area is 91.8 Å². The number of likely N-dealkylation sites (tertiary alicyclic amines) is 1. The van der Waals surface area contributed by atoms with Crippen LogP contribution in [0.4, 0.5) is 0 Å². The van der Waals surface area contributed by atoms with Gasteiger partial charge in [-0.15, -0.1) is 0 Å². The van der Waals surface area contributed by atoms with Gasteiger partial charge in [0.1, 0.15) is 0 Å². The van der Waals surface area contributed by atoms with Crippen molar-refractivity contribution in [3.05, 3.63) is 0 Å². The maximum atomic E-state index is 11.8. The molecular formula is C11H22N2O2. The van der Waals surface area contributed by atoms with Gasteiger partial charge in [-0.1, -0.05) is 13.3 Å². The summed E-state index contributed by atoms with van der Waals surface area (Å²) in [6.07, 6.45) is 2.78. The number of carbonyl (C=O) groups excluding carboxylic acids is 1. The fourth-order valence-electron chi connectivity index (χ4n) is 2.07. The maximum absolute atomic E-state index is 11.8. The highest BCUT2D eigenvalue weighted by Gasteiger charge is 2.28. The van der Waals surface area contributed by atoms with Crippen molar-refractivity contribution in [2.45, 2.75) is 32.2 Å². The lowest BCUT2D eigenvalue weighted by Crippen LogP contribution is -2.42. The van der Waals surface area contributed by atoms with Crippen LogP contribution in [0.15, 0.2) is 0 Å². The Bertz CT molecular complexity index is 209. The minimum atomic E-state index is -0.309. The van der Waals surface area contributed by atoms with E-state index in [1.165, 1.54) is 0 Å². The molecule has 1 amide bonds. The summed E-state index contributed by atoms with van der Waals surface area (Å²) >= 11 is 0. The van der Waals surface area contributed by atoms with Crippen molar-refractivity contribution in [3.8, 4) is 0 Å². The molecule has 1 fully saturated rings. The third-order valence-corrected chi connectivity index (χ3v) is 2.92. The number of hydrogen-bond acceptors (Lipinski definition) is 3. The topological polar surface area (TPSA) is 55.6 Å². The van der Waals surface area contributed by atoms with Gasteiger partial charge in [-0.05, 0) is 12.8 Å². The third-order valence-electron chi connectivity index (χ3n) is 2.92. The van der Waals surface area contributed by atoms with E-state index >= 15 is 0 Å². The molecule has 0 bridgehead atoms. The average molecular weight is 214 g/mol. The first-order valence-electron chi connectivity index (χ1n) is 5.72. The van der Waals surface area contributed by atoms with Gasteiger partial charge < -0.3 is 15.4 Å². The SMILES string of the molecule is CCC[C@H](N)C(=O)N1CCC(COC)C1. The molecule has 0 radical (unpaired) electrons. The average Bonchev–Trinajstić information content (AvgIpc) is 2.66. The maximum Gasteiger partial charge on any atom is 0.239 e. The Kier molecular flexibility index (Phi) is 5.05. The van der Waals surface area contributed by atoms with Crippen LogP contribution >= 0.6 is 0 Å². The lowest BCUT2D eigenvalue weighted by atomic mass is 10.1.